The summed E-state index contributed by atoms with van der Waals surface area (Å²) in [7, 11) is 0. The Balaban J connectivity index is 2.28. The van der Waals surface area contributed by atoms with Crippen molar-refractivity contribution in [2.24, 2.45) is 0 Å². The molecule has 0 bridgehead atoms. The van der Waals surface area contributed by atoms with Crippen LogP contribution in [0.1, 0.15) is 18.7 Å². The molecule has 1 heterocycles. The predicted molar refractivity (Wildman–Crippen MR) is 68.1 cm³/mol. The van der Waals surface area contributed by atoms with Crippen LogP contribution in [0.4, 0.5) is 0 Å². The Morgan fingerprint density at radius 2 is 2.19 bits per heavy atom. The van der Waals surface area contributed by atoms with Crippen LogP contribution in [0.3, 0.4) is 0 Å². The van der Waals surface area contributed by atoms with Crippen LogP contribution in [0.15, 0.2) is 30.5 Å². The molecule has 0 N–H and O–H groups in total. The number of rotatable bonds is 4. The number of aromatic nitrogens is 1. The molecule has 0 aliphatic carbocycles. The van der Waals surface area contributed by atoms with Gasteiger partial charge in [-0.25, -0.2) is 4.98 Å². The van der Waals surface area contributed by atoms with Gasteiger partial charge in [-0.2, -0.15) is 0 Å². The van der Waals surface area contributed by atoms with Gasteiger partial charge >= 0.3 is 0 Å². The third-order valence-corrected chi connectivity index (χ3v) is 3.48. The average molecular weight is 233 g/mol. The largest absolute Gasteiger partial charge is 0.494 e. The second kappa shape index (κ2) is 5.12. The zero-order valence-corrected chi connectivity index (χ0v) is 10.4. The second-order valence-corrected chi connectivity index (χ2v) is 4.56. The first-order valence-electron chi connectivity index (χ1n) is 5.51. The Morgan fingerprint density at radius 1 is 1.31 bits per heavy atom. The second-order valence-electron chi connectivity index (χ2n) is 3.45. The molecular formula is C13H15NOS. The van der Waals surface area contributed by atoms with Crippen molar-refractivity contribution in [3.8, 4) is 16.3 Å². The fourth-order valence-corrected chi connectivity index (χ4v) is 2.34. The van der Waals surface area contributed by atoms with Crippen LogP contribution in [0.5, 0.6) is 5.75 Å². The SMILES string of the molecule is CCOc1cccc(-c2ncc(CC)s2)c1. The van der Waals surface area contributed by atoms with Crippen LogP contribution in [-0.2, 0) is 6.42 Å². The summed E-state index contributed by atoms with van der Waals surface area (Å²) >= 11 is 1.75. The lowest BCUT2D eigenvalue weighted by Crippen LogP contribution is -1.90. The van der Waals surface area contributed by atoms with Crippen molar-refractivity contribution in [1.29, 1.82) is 0 Å². The molecule has 0 fully saturated rings. The minimum Gasteiger partial charge on any atom is -0.494 e. The molecule has 1 aromatic carbocycles. The van der Waals surface area contributed by atoms with E-state index >= 15 is 0 Å². The Kier molecular flexibility index (Phi) is 3.57. The fourth-order valence-electron chi connectivity index (χ4n) is 1.49. The molecule has 0 unspecified atom stereocenters. The molecule has 0 saturated carbocycles. The molecule has 0 aliphatic rings. The maximum Gasteiger partial charge on any atom is 0.123 e. The molecule has 0 radical (unpaired) electrons. The Labute approximate surface area is 99.9 Å². The highest BCUT2D eigenvalue weighted by Crippen LogP contribution is 2.28. The van der Waals surface area contributed by atoms with Gasteiger partial charge in [0.05, 0.1) is 6.61 Å². The summed E-state index contributed by atoms with van der Waals surface area (Å²) < 4.78 is 5.48. The van der Waals surface area contributed by atoms with E-state index in [0.717, 1.165) is 22.7 Å². The maximum absolute atomic E-state index is 5.48. The van der Waals surface area contributed by atoms with Crippen LogP contribution >= 0.6 is 11.3 Å². The zero-order valence-electron chi connectivity index (χ0n) is 9.56. The smallest absolute Gasteiger partial charge is 0.123 e. The van der Waals surface area contributed by atoms with Gasteiger partial charge in [-0.15, -0.1) is 11.3 Å². The normalized spacial score (nSPS) is 10.4. The van der Waals surface area contributed by atoms with Crippen molar-refractivity contribution >= 4 is 11.3 Å². The molecule has 0 saturated heterocycles. The molecule has 84 valence electrons. The molecule has 1 aromatic heterocycles. The van der Waals surface area contributed by atoms with Gasteiger partial charge in [0, 0.05) is 16.6 Å². The highest BCUT2D eigenvalue weighted by molar-refractivity contribution is 7.15. The molecule has 0 aliphatic heterocycles. The van der Waals surface area contributed by atoms with E-state index in [9.17, 15) is 0 Å². The van der Waals surface area contributed by atoms with Gasteiger partial charge in [0.2, 0.25) is 0 Å². The Hall–Kier alpha value is -1.35. The Morgan fingerprint density at radius 3 is 2.88 bits per heavy atom. The van der Waals surface area contributed by atoms with Gasteiger partial charge in [-0.1, -0.05) is 19.1 Å². The van der Waals surface area contributed by atoms with E-state index in [-0.39, 0.29) is 0 Å². The maximum atomic E-state index is 5.48. The highest BCUT2D eigenvalue weighted by atomic mass is 32.1. The summed E-state index contributed by atoms with van der Waals surface area (Å²) in [5, 5.41) is 1.07. The molecule has 0 spiro atoms. The third kappa shape index (κ3) is 2.42. The van der Waals surface area contributed by atoms with Crippen LogP contribution in [-0.4, -0.2) is 11.6 Å². The van der Waals surface area contributed by atoms with Gasteiger partial charge in [0.1, 0.15) is 10.8 Å². The minimum absolute atomic E-state index is 0.696. The quantitative estimate of drug-likeness (QED) is 0.802. The Bertz CT molecular complexity index is 464. The van der Waals surface area contributed by atoms with Gasteiger partial charge in [-0.3, -0.25) is 0 Å². The van der Waals surface area contributed by atoms with Crippen LogP contribution < -0.4 is 4.74 Å². The summed E-state index contributed by atoms with van der Waals surface area (Å²) in [6.07, 6.45) is 3.00. The van der Waals surface area contributed by atoms with Gasteiger partial charge in [0.25, 0.3) is 0 Å². The topological polar surface area (TPSA) is 22.1 Å². The standard InChI is InChI=1S/C13H15NOS/c1-3-12-9-14-13(16-12)10-6-5-7-11(8-10)15-4-2/h5-9H,3-4H2,1-2H3. The van der Waals surface area contributed by atoms with Crippen LogP contribution in [0.2, 0.25) is 0 Å². The molecular weight excluding hydrogens is 218 g/mol. The summed E-state index contributed by atoms with van der Waals surface area (Å²) in [4.78, 5) is 5.74. The first-order chi connectivity index (χ1) is 7.83. The van der Waals surface area contributed by atoms with E-state index in [1.807, 2.05) is 31.3 Å². The number of hydrogen-bond acceptors (Lipinski definition) is 3. The zero-order chi connectivity index (χ0) is 11.4. The summed E-state index contributed by atoms with van der Waals surface area (Å²) in [6, 6.07) is 8.09. The lowest BCUT2D eigenvalue weighted by atomic mass is 10.2. The van der Waals surface area contributed by atoms with Gasteiger partial charge in [-0.05, 0) is 25.5 Å². The summed E-state index contributed by atoms with van der Waals surface area (Å²) in [5.41, 5.74) is 1.13. The van der Waals surface area contributed by atoms with Crippen molar-refractivity contribution in [2.75, 3.05) is 6.61 Å². The summed E-state index contributed by atoms with van der Waals surface area (Å²) in [6.45, 7) is 4.83. The number of hydrogen-bond donors (Lipinski definition) is 0. The van der Waals surface area contributed by atoms with E-state index in [4.69, 9.17) is 4.74 Å². The van der Waals surface area contributed by atoms with E-state index in [2.05, 4.69) is 18.0 Å². The first kappa shape index (κ1) is 11.1. The van der Waals surface area contributed by atoms with E-state index < -0.39 is 0 Å². The lowest BCUT2D eigenvalue weighted by Gasteiger charge is -2.03. The molecule has 3 heteroatoms. The number of aryl methyl sites for hydroxylation is 1. The number of thiazole rings is 1. The first-order valence-corrected chi connectivity index (χ1v) is 6.33. The van der Waals surface area contributed by atoms with E-state index in [1.54, 1.807) is 11.3 Å². The van der Waals surface area contributed by atoms with Crippen molar-refractivity contribution < 1.29 is 4.74 Å². The summed E-state index contributed by atoms with van der Waals surface area (Å²) in [5.74, 6) is 0.910. The van der Waals surface area contributed by atoms with Gasteiger partial charge in [0.15, 0.2) is 0 Å². The molecule has 16 heavy (non-hydrogen) atoms. The third-order valence-electron chi connectivity index (χ3n) is 2.29. The molecule has 0 atom stereocenters. The lowest BCUT2D eigenvalue weighted by molar-refractivity contribution is 0.340. The molecule has 2 nitrogen and oxygen atoms in total. The predicted octanol–water partition coefficient (Wildman–Crippen LogP) is 3.77. The fraction of sp³-hybridized carbons (Fsp3) is 0.308. The number of nitrogens with zero attached hydrogens (tertiary/aromatic N) is 1. The van der Waals surface area contributed by atoms with Crippen molar-refractivity contribution in [3.63, 3.8) is 0 Å². The van der Waals surface area contributed by atoms with Crippen molar-refractivity contribution in [2.45, 2.75) is 20.3 Å². The van der Waals surface area contributed by atoms with E-state index in [0.29, 0.717) is 6.61 Å². The van der Waals surface area contributed by atoms with Crippen LogP contribution in [0.25, 0.3) is 10.6 Å². The minimum atomic E-state index is 0.696. The monoisotopic (exact) mass is 233 g/mol. The molecule has 2 rings (SSSR count). The van der Waals surface area contributed by atoms with Crippen molar-refractivity contribution in [1.82, 2.24) is 4.98 Å². The average Bonchev–Trinajstić information content (AvgIpc) is 2.78. The molecule has 2 aromatic rings. The van der Waals surface area contributed by atoms with Gasteiger partial charge < -0.3 is 4.74 Å². The number of ether oxygens (including phenoxy) is 1. The highest BCUT2D eigenvalue weighted by Gasteiger charge is 2.04. The van der Waals surface area contributed by atoms with E-state index in [1.165, 1.54) is 4.88 Å². The van der Waals surface area contributed by atoms with Crippen molar-refractivity contribution in [3.05, 3.63) is 35.3 Å². The number of benzene rings is 1. The molecule has 0 amide bonds. The van der Waals surface area contributed by atoms with Crippen LogP contribution in [0, 0.1) is 0 Å².